The highest BCUT2D eigenvalue weighted by molar-refractivity contribution is 6.39. The van der Waals surface area contributed by atoms with Crippen LogP contribution >= 0.6 is 0 Å². The summed E-state index contributed by atoms with van der Waals surface area (Å²) >= 11 is 0. The van der Waals surface area contributed by atoms with E-state index in [1.54, 1.807) is 30.3 Å². The van der Waals surface area contributed by atoms with Crippen LogP contribution < -0.4 is 20.2 Å². The van der Waals surface area contributed by atoms with Crippen LogP contribution in [0.25, 0.3) is 0 Å². The highest BCUT2D eigenvalue weighted by Crippen LogP contribution is 2.29. The van der Waals surface area contributed by atoms with Crippen molar-refractivity contribution in [2.24, 2.45) is 5.10 Å². The Labute approximate surface area is 164 Å². The van der Waals surface area contributed by atoms with Crippen molar-refractivity contribution < 1.29 is 19.1 Å². The van der Waals surface area contributed by atoms with E-state index in [0.29, 0.717) is 22.7 Å². The van der Waals surface area contributed by atoms with Crippen molar-refractivity contribution >= 4 is 23.7 Å². The average molecular weight is 383 g/mol. The molecule has 148 valence electrons. The lowest BCUT2D eigenvalue weighted by atomic mass is 9.87. The zero-order chi connectivity index (χ0) is 20.7. The van der Waals surface area contributed by atoms with Gasteiger partial charge in [-0.25, -0.2) is 5.43 Å². The van der Waals surface area contributed by atoms with Gasteiger partial charge in [0, 0.05) is 11.3 Å². The highest BCUT2D eigenvalue weighted by Gasteiger charge is 2.15. The molecule has 2 amide bonds. The van der Waals surface area contributed by atoms with Crippen LogP contribution in [0.15, 0.2) is 47.6 Å². The van der Waals surface area contributed by atoms with Gasteiger partial charge >= 0.3 is 11.8 Å². The van der Waals surface area contributed by atoms with Gasteiger partial charge in [0.15, 0.2) is 11.5 Å². The molecular weight excluding hydrogens is 358 g/mol. The smallest absolute Gasteiger partial charge is 0.329 e. The normalized spacial score (nSPS) is 11.2. The first kappa shape index (κ1) is 21.0. The van der Waals surface area contributed by atoms with Gasteiger partial charge in [-0.2, -0.15) is 5.10 Å². The monoisotopic (exact) mass is 383 g/mol. The molecule has 0 atom stereocenters. The number of benzene rings is 2. The molecule has 0 heterocycles. The maximum absolute atomic E-state index is 12.0. The van der Waals surface area contributed by atoms with Crippen LogP contribution in [0.5, 0.6) is 11.5 Å². The van der Waals surface area contributed by atoms with Crippen molar-refractivity contribution in [1.82, 2.24) is 5.43 Å². The molecule has 0 bridgehead atoms. The fourth-order valence-corrected chi connectivity index (χ4v) is 2.47. The number of hydrogen-bond donors (Lipinski definition) is 2. The van der Waals surface area contributed by atoms with Crippen molar-refractivity contribution in [3.05, 3.63) is 53.6 Å². The third kappa shape index (κ3) is 5.33. The van der Waals surface area contributed by atoms with Crippen LogP contribution in [0.2, 0.25) is 0 Å². The van der Waals surface area contributed by atoms with E-state index in [4.69, 9.17) is 9.47 Å². The molecule has 0 spiro atoms. The van der Waals surface area contributed by atoms with Crippen LogP contribution in [-0.2, 0) is 15.0 Å². The number of nitrogens with zero attached hydrogens (tertiary/aromatic N) is 1. The zero-order valence-electron chi connectivity index (χ0n) is 16.7. The Bertz CT molecular complexity index is 868. The van der Waals surface area contributed by atoms with E-state index >= 15 is 0 Å². The summed E-state index contributed by atoms with van der Waals surface area (Å²) in [6.07, 6.45) is 1.38. The molecule has 2 rings (SSSR count). The Kier molecular flexibility index (Phi) is 6.76. The first-order valence-electron chi connectivity index (χ1n) is 8.72. The number of rotatable bonds is 5. The second-order valence-electron chi connectivity index (χ2n) is 7.06. The number of hydrogen-bond acceptors (Lipinski definition) is 5. The van der Waals surface area contributed by atoms with Gasteiger partial charge in [-0.05, 0) is 35.2 Å². The van der Waals surface area contributed by atoms with Gasteiger partial charge in [0.25, 0.3) is 0 Å². The minimum atomic E-state index is -0.877. The molecule has 7 heteroatoms. The second-order valence-corrected chi connectivity index (χ2v) is 7.06. The summed E-state index contributed by atoms with van der Waals surface area (Å²) in [4.78, 5) is 24.0. The predicted octanol–water partition coefficient (Wildman–Crippen LogP) is 3.09. The van der Waals surface area contributed by atoms with Crippen molar-refractivity contribution in [2.45, 2.75) is 26.2 Å². The Balaban J connectivity index is 1.98. The topological polar surface area (TPSA) is 89.0 Å². The van der Waals surface area contributed by atoms with Gasteiger partial charge in [-0.3, -0.25) is 9.59 Å². The number of carbonyl (C=O) groups excluding carboxylic acids is 2. The molecule has 2 aromatic carbocycles. The Morgan fingerprint density at radius 3 is 2.21 bits per heavy atom. The predicted molar refractivity (Wildman–Crippen MR) is 109 cm³/mol. The first-order valence-corrected chi connectivity index (χ1v) is 8.72. The van der Waals surface area contributed by atoms with Crippen molar-refractivity contribution in [3.63, 3.8) is 0 Å². The minimum Gasteiger partial charge on any atom is -0.493 e. The van der Waals surface area contributed by atoms with Crippen molar-refractivity contribution in [3.8, 4) is 11.5 Å². The lowest BCUT2D eigenvalue weighted by Gasteiger charge is -2.19. The molecule has 0 aliphatic heterocycles. The summed E-state index contributed by atoms with van der Waals surface area (Å²) in [5, 5.41) is 6.35. The van der Waals surface area contributed by atoms with Gasteiger partial charge < -0.3 is 14.8 Å². The SMILES string of the molecule is COc1cccc(/C=N\NC(=O)C(=O)Nc2ccc(C(C)(C)C)cc2)c1OC. The van der Waals surface area contributed by atoms with Gasteiger partial charge in [-0.15, -0.1) is 0 Å². The molecule has 2 aromatic rings. The molecule has 7 nitrogen and oxygen atoms in total. The standard InChI is InChI=1S/C21H25N3O4/c1-21(2,3)15-9-11-16(12-10-15)23-19(25)20(26)24-22-13-14-7-6-8-17(27-4)18(14)28-5/h6-13H,1-5H3,(H,23,25)(H,24,26)/b22-13-. The molecule has 0 saturated carbocycles. The molecule has 0 unspecified atom stereocenters. The van der Waals surface area contributed by atoms with E-state index in [1.807, 2.05) is 12.1 Å². The number of carbonyl (C=O) groups is 2. The average Bonchev–Trinajstić information content (AvgIpc) is 2.67. The van der Waals surface area contributed by atoms with Crippen LogP contribution in [0.1, 0.15) is 31.9 Å². The maximum atomic E-state index is 12.0. The van der Waals surface area contributed by atoms with E-state index in [2.05, 4.69) is 36.6 Å². The van der Waals surface area contributed by atoms with Crippen LogP contribution in [0, 0.1) is 0 Å². The molecule has 0 radical (unpaired) electrons. The first-order chi connectivity index (χ1) is 13.3. The molecule has 0 aliphatic carbocycles. The molecule has 0 aliphatic rings. The fraction of sp³-hybridized carbons (Fsp3) is 0.286. The number of para-hydroxylation sites is 1. The number of nitrogens with one attached hydrogen (secondary N) is 2. The Hall–Kier alpha value is -3.35. The number of anilines is 1. The molecule has 2 N–H and O–H groups in total. The van der Waals surface area contributed by atoms with Crippen LogP contribution in [0.4, 0.5) is 5.69 Å². The largest absolute Gasteiger partial charge is 0.493 e. The second kappa shape index (κ2) is 9.03. The summed E-state index contributed by atoms with van der Waals surface area (Å²) in [6.45, 7) is 6.30. The third-order valence-electron chi connectivity index (χ3n) is 4.02. The Morgan fingerprint density at radius 1 is 0.964 bits per heavy atom. The quantitative estimate of drug-likeness (QED) is 0.472. The Morgan fingerprint density at radius 2 is 1.64 bits per heavy atom. The fourth-order valence-electron chi connectivity index (χ4n) is 2.47. The number of methoxy groups -OCH3 is 2. The van der Waals surface area contributed by atoms with E-state index < -0.39 is 11.8 Å². The van der Waals surface area contributed by atoms with Gasteiger partial charge in [-0.1, -0.05) is 39.0 Å². The van der Waals surface area contributed by atoms with Gasteiger partial charge in [0.2, 0.25) is 0 Å². The third-order valence-corrected chi connectivity index (χ3v) is 4.02. The van der Waals surface area contributed by atoms with Crippen molar-refractivity contribution in [1.29, 1.82) is 0 Å². The maximum Gasteiger partial charge on any atom is 0.329 e. The van der Waals surface area contributed by atoms with Gasteiger partial charge in [0.1, 0.15) is 0 Å². The molecule has 0 aromatic heterocycles. The number of hydrazone groups is 1. The summed E-state index contributed by atoms with van der Waals surface area (Å²) in [5.41, 5.74) is 4.47. The minimum absolute atomic E-state index is 0.00973. The van der Waals surface area contributed by atoms with Gasteiger partial charge in [0.05, 0.1) is 20.4 Å². The molecular formula is C21H25N3O4. The number of ether oxygens (including phenoxy) is 2. The lowest BCUT2D eigenvalue weighted by molar-refractivity contribution is -0.136. The molecule has 28 heavy (non-hydrogen) atoms. The van der Waals surface area contributed by atoms with Crippen LogP contribution in [0.3, 0.4) is 0 Å². The van der Waals surface area contributed by atoms with Crippen LogP contribution in [-0.4, -0.2) is 32.2 Å². The van der Waals surface area contributed by atoms with E-state index in [1.165, 1.54) is 20.4 Å². The summed E-state index contributed by atoms with van der Waals surface area (Å²) in [6, 6.07) is 12.6. The number of amides is 2. The van der Waals surface area contributed by atoms with E-state index in [0.717, 1.165) is 5.56 Å². The summed E-state index contributed by atoms with van der Waals surface area (Å²) in [5.74, 6) is -0.670. The van der Waals surface area contributed by atoms with E-state index in [9.17, 15) is 9.59 Å². The summed E-state index contributed by atoms with van der Waals surface area (Å²) in [7, 11) is 3.03. The summed E-state index contributed by atoms with van der Waals surface area (Å²) < 4.78 is 10.5. The highest BCUT2D eigenvalue weighted by atomic mass is 16.5. The molecule has 0 saturated heterocycles. The van der Waals surface area contributed by atoms with E-state index in [-0.39, 0.29) is 5.41 Å². The van der Waals surface area contributed by atoms with Crippen molar-refractivity contribution in [2.75, 3.05) is 19.5 Å². The zero-order valence-corrected chi connectivity index (χ0v) is 16.7. The lowest BCUT2D eigenvalue weighted by Crippen LogP contribution is -2.32. The molecule has 0 fully saturated rings.